The van der Waals surface area contributed by atoms with Crippen molar-refractivity contribution in [1.82, 2.24) is 10.2 Å². The van der Waals surface area contributed by atoms with Gasteiger partial charge in [0.15, 0.2) is 0 Å². The number of hydrogen-bond donors (Lipinski definition) is 1. The van der Waals surface area contributed by atoms with E-state index in [-0.39, 0.29) is 11.3 Å². The van der Waals surface area contributed by atoms with Crippen LogP contribution in [-0.4, -0.2) is 36.0 Å². The van der Waals surface area contributed by atoms with Gasteiger partial charge in [0.25, 0.3) is 0 Å². The summed E-state index contributed by atoms with van der Waals surface area (Å²) in [5.74, 6) is 0.885. The van der Waals surface area contributed by atoms with E-state index in [0.717, 1.165) is 19.0 Å². The van der Waals surface area contributed by atoms with Gasteiger partial charge < -0.3 is 5.32 Å². The highest BCUT2D eigenvalue weighted by molar-refractivity contribution is 5.81. The molecular formula is C17H32N2O. The molecule has 1 N–H and O–H groups in total. The van der Waals surface area contributed by atoms with Crippen molar-refractivity contribution >= 4 is 5.91 Å². The van der Waals surface area contributed by atoms with Crippen molar-refractivity contribution in [3.8, 4) is 0 Å². The molecule has 1 aliphatic carbocycles. The van der Waals surface area contributed by atoms with Gasteiger partial charge >= 0.3 is 0 Å². The van der Waals surface area contributed by atoms with Crippen molar-refractivity contribution in [3.05, 3.63) is 0 Å². The molecule has 0 spiro atoms. The number of nitrogens with zero attached hydrogens (tertiary/aromatic N) is 1. The molecule has 1 amide bonds. The molecule has 2 rings (SSSR count). The lowest BCUT2D eigenvalue weighted by Crippen LogP contribution is -2.55. The summed E-state index contributed by atoms with van der Waals surface area (Å²) in [5.41, 5.74) is -0.281. The van der Waals surface area contributed by atoms with Gasteiger partial charge in [0, 0.05) is 30.6 Å². The van der Waals surface area contributed by atoms with E-state index in [1.165, 1.54) is 38.6 Å². The molecule has 0 bridgehead atoms. The van der Waals surface area contributed by atoms with Crippen LogP contribution in [-0.2, 0) is 4.79 Å². The van der Waals surface area contributed by atoms with Crippen LogP contribution in [0.5, 0.6) is 0 Å². The molecule has 2 unspecified atom stereocenters. The summed E-state index contributed by atoms with van der Waals surface area (Å²) in [6.45, 7) is 10.6. The maximum Gasteiger partial charge on any atom is 0.225 e. The van der Waals surface area contributed by atoms with Crippen molar-refractivity contribution in [2.45, 2.75) is 78.3 Å². The molecule has 2 atom stereocenters. The molecular weight excluding hydrogens is 248 g/mol. The Morgan fingerprint density at radius 1 is 1.10 bits per heavy atom. The molecule has 0 aromatic carbocycles. The van der Waals surface area contributed by atoms with E-state index in [1.54, 1.807) is 0 Å². The van der Waals surface area contributed by atoms with Crippen LogP contribution in [0, 0.1) is 11.3 Å². The quantitative estimate of drug-likeness (QED) is 0.842. The van der Waals surface area contributed by atoms with Gasteiger partial charge in [-0.1, -0.05) is 47.0 Å². The van der Waals surface area contributed by atoms with E-state index < -0.39 is 0 Å². The zero-order valence-corrected chi connectivity index (χ0v) is 13.7. The smallest absolute Gasteiger partial charge is 0.225 e. The molecule has 1 heterocycles. The lowest BCUT2D eigenvalue weighted by atomic mass is 9.88. The normalized spacial score (nSPS) is 30.2. The molecule has 1 saturated heterocycles. The third-order valence-electron chi connectivity index (χ3n) is 4.80. The van der Waals surface area contributed by atoms with Crippen LogP contribution < -0.4 is 5.32 Å². The van der Waals surface area contributed by atoms with Gasteiger partial charge in [0.2, 0.25) is 5.91 Å². The monoisotopic (exact) mass is 280 g/mol. The van der Waals surface area contributed by atoms with E-state index in [0.29, 0.717) is 12.0 Å². The Bertz CT molecular complexity index is 328. The minimum Gasteiger partial charge on any atom is -0.352 e. The van der Waals surface area contributed by atoms with Gasteiger partial charge in [0.05, 0.1) is 0 Å². The summed E-state index contributed by atoms with van der Waals surface area (Å²) < 4.78 is 0. The van der Waals surface area contributed by atoms with E-state index in [1.807, 2.05) is 20.8 Å². The molecule has 3 heteroatoms. The molecule has 0 aromatic rings. The zero-order valence-electron chi connectivity index (χ0n) is 13.7. The fourth-order valence-electron chi connectivity index (χ4n) is 3.64. The lowest BCUT2D eigenvalue weighted by Gasteiger charge is -2.43. The van der Waals surface area contributed by atoms with E-state index in [2.05, 4.69) is 17.1 Å². The summed E-state index contributed by atoms with van der Waals surface area (Å²) >= 11 is 0. The van der Waals surface area contributed by atoms with Gasteiger partial charge in [-0.3, -0.25) is 9.69 Å². The number of amides is 1. The number of rotatable bonds is 2. The second-order valence-corrected chi connectivity index (χ2v) is 8.01. The second-order valence-electron chi connectivity index (χ2n) is 8.01. The number of nitrogens with one attached hydrogen (secondary N) is 1. The maximum atomic E-state index is 12.2. The van der Waals surface area contributed by atoms with Gasteiger partial charge in [0.1, 0.15) is 0 Å². The van der Waals surface area contributed by atoms with Crippen molar-refractivity contribution in [3.63, 3.8) is 0 Å². The molecule has 0 radical (unpaired) electrons. The topological polar surface area (TPSA) is 32.3 Å². The summed E-state index contributed by atoms with van der Waals surface area (Å²) in [6, 6.07) is 1.10. The Labute approximate surface area is 124 Å². The molecule has 2 aliphatic rings. The number of carbonyl (C=O) groups is 1. The summed E-state index contributed by atoms with van der Waals surface area (Å²) in [5, 5.41) is 3.28. The molecule has 3 nitrogen and oxygen atoms in total. The number of hydrogen-bond acceptors (Lipinski definition) is 2. The first-order valence-corrected chi connectivity index (χ1v) is 8.41. The van der Waals surface area contributed by atoms with E-state index in [9.17, 15) is 4.79 Å². The van der Waals surface area contributed by atoms with Gasteiger partial charge in [-0.2, -0.15) is 0 Å². The fraction of sp³-hybridized carbons (Fsp3) is 0.941. The first kappa shape index (κ1) is 15.8. The predicted molar refractivity (Wildman–Crippen MR) is 83.6 cm³/mol. The third kappa shape index (κ3) is 4.21. The first-order chi connectivity index (χ1) is 9.36. The Hall–Kier alpha value is -0.570. The Balaban J connectivity index is 1.92. The van der Waals surface area contributed by atoms with E-state index >= 15 is 0 Å². The zero-order chi connectivity index (χ0) is 14.8. The van der Waals surface area contributed by atoms with Crippen LogP contribution >= 0.6 is 0 Å². The Morgan fingerprint density at radius 2 is 1.75 bits per heavy atom. The van der Waals surface area contributed by atoms with Crippen LogP contribution in [0.15, 0.2) is 0 Å². The fourth-order valence-corrected chi connectivity index (χ4v) is 3.64. The first-order valence-electron chi connectivity index (χ1n) is 8.41. The molecule has 2 fully saturated rings. The SMILES string of the molecule is CC1CC(NC(=O)C(C)(C)C)CN(C2CCCCC2)C1. The largest absolute Gasteiger partial charge is 0.352 e. The Kier molecular flexibility index (Phi) is 5.11. The highest BCUT2D eigenvalue weighted by Gasteiger charge is 2.32. The van der Waals surface area contributed by atoms with Gasteiger partial charge in [-0.25, -0.2) is 0 Å². The molecule has 20 heavy (non-hydrogen) atoms. The van der Waals surface area contributed by atoms with Crippen molar-refractivity contribution in [1.29, 1.82) is 0 Å². The van der Waals surface area contributed by atoms with Crippen molar-refractivity contribution < 1.29 is 4.79 Å². The van der Waals surface area contributed by atoms with Crippen LogP contribution in [0.3, 0.4) is 0 Å². The molecule has 1 aliphatic heterocycles. The molecule has 1 saturated carbocycles. The second kappa shape index (κ2) is 6.46. The van der Waals surface area contributed by atoms with Crippen LogP contribution in [0.4, 0.5) is 0 Å². The van der Waals surface area contributed by atoms with E-state index in [4.69, 9.17) is 0 Å². The van der Waals surface area contributed by atoms with Crippen molar-refractivity contribution in [2.24, 2.45) is 11.3 Å². The van der Waals surface area contributed by atoms with Crippen LogP contribution in [0.2, 0.25) is 0 Å². The molecule has 0 aromatic heterocycles. The lowest BCUT2D eigenvalue weighted by molar-refractivity contribution is -0.129. The van der Waals surface area contributed by atoms with Crippen LogP contribution in [0.25, 0.3) is 0 Å². The predicted octanol–water partition coefficient (Wildman–Crippen LogP) is 3.19. The standard InChI is InChI=1S/C17H32N2O/c1-13-10-14(18-16(20)17(2,3)4)12-19(11-13)15-8-6-5-7-9-15/h13-15H,5-12H2,1-4H3,(H,18,20). The highest BCUT2D eigenvalue weighted by Crippen LogP contribution is 2.27. The minimum absolute atomic E-state index is 0.195. The number of piperidine rings is 1. The Morgan fingerprint density at radius 3 is 2.35 bits per heavy atom. The summed E-state index contributed by atoms with van der Waals surface area (Å²) in [4.78, 5) is 14.8. The summed E-state index contributed by atoms with van der Waals surface area (Å²) in [7, 11) is 0. The molecule has 116 valence electrons. The summed E-state index contributed by atoms with van der Waals surface area (Å²) in [6.07, 6.45) is 8.01. The van der Waals surface area contributed by atoms with Gasteiger partial charge in [-0.15, -0.1) is 0 Å². The minimum atomic E-state index is -0.281. The van der Waals surface area contributed by atoms with Crippen molar-refractivity contribution in [2.75, 3.05) is 13.1 Å². The third-order valence-corrected chi connectivity index (χ3v) is 4.80. The average Bonchev–Trinajstić information content (AvgIpc) is 2.38. The highest BCUT2D eigenvalue weighted by atomic mass is 16.2. The van der Waals surface area contributed by atoms with Gasteiger partial charge in [-0.05, 0) is 25.2 Å². The number of likely N-dealkylation sites (tertiary alicyclic amines) is 1. The van der Waals surface area contributed by atoms with Crippen LogP contribution in [0.1, 0.15) is 66.2 Å². The number of carbonyl (C=O) groups excluding carboxylic acids is 1. The average molecular weight is 280 g/mol. The maximum absolute atomic E-state index is 12.2.